The fourth-order valence-corrected chi connectivity index (χ4v) is 5.78. The number of β-amino-alcohol motifs (C(OH)–C–C–N with tert-alkyl or cyclic N) is 1. The van der Waals surface area contributed by atoms with Crippen molar-refractivity contribution in [2.45, 2.75) is 50.2 Å². The average molecular weight is 489 g/mol. The van der Waals surface area contributed by atoms with Crippen LogP contribution < -0.4 is 5.32 Å². The van der Waals surface area contributed by atoms with Crippen molar-refractivity contribution in [3.05, 3.63) is 60.2 Å². The van der Waals surface area contributed by atoms with Gasteiger partial charge in [-0.15, -0.1) is 0 Å². The molecule has 0 spiro atoms. The summed E-state index contributed by atoms with van der Waals surface area (Å²) in [6.07, 6.45) is 0.795. The third-order valence-electron chi connectivity index (χ3n) is 6.32. The van der Waals surface area contributed by atoms with Crippen LogP contribution in [0.1, 0.15) is 24.8 Å². The van der Waals surface area contributed by atoms with Gasteiger partial charge >= 0.3 is 0 Å². The zero-order valence-corrected chi connectivity index (χ0v) is 20.1. The molecule has 0 bridgehead atoms. The largest absolute Gasteiger partial charge is 0.389 e. The van der Waals surface area contributed by atoms with Gasteiger partial charge in [0.15, 0.2) is 0 Å². The smallest absolute Gasteiger partial charge is 0.222 e. The number of carbonyl (C=O) groups excluding carboxylic acids is 1. The van der Waals surface area contributed by atoms with Gasteiger partial charge in [-0.05, 0) is 29.5 Å². The molecule has 2 aliphatic rings. The molecule has 9 heteroatoms. The predicted octanol–water partition coefficient (Wildman–Crippen LogP) is 1.93. The van der Waals surface area contributed by atoms with Crippen LogP contribution in [0.25, 0.3) is 11.1 Å². The molecule has 4 rings (SSSR count). The zero-order valence-electron chi connectivity index (χ0n) is 19.3. The maximum Gasteiger partial charge on any atom is 0.222 e. The monoisotopic (exact) mass is 488 g/mol. The number of hydrogen-bond acceptors (Lipinski definition) is 6. The lowest BCUT2D eigenvalue weighted by atomic mass is 9.96. The quantitative estimate of drug-likeness (QED) is 0.644. The van der Waals surface area contributed by atoms with Crippen LogP contribution >= 0.6 is 0 Å². The summed E-state index contributed by atoms with van der Waals surface area (Å²) in [5.41, 5.74) is 3.28. The van der Waals surface area contributed by atoms with E-state index >= 15 is 0 Å². The number of nitrogens with zero attached hydrogens (tertiary/aromatic N) is 1. The van der Waals surface area contributed by atoms with E-state index in [9.17, 15) is 18.3 Å². The highest BCUT2D eigenvalue weighted by Crippen LogP contribution is 2.29. The standard InChI is InChI=1S/C25H32N2O6S/c1-34(30,31)27-15-21(28)16-32-17-24-23(27)12-11-22(33-24)13-25(29)26-14-18-7-9-20(10-8-18)19-5-3-2-4-6-19/h2-10,21-24,28H,11-17H2,1H3,(H,26,29)/t21-,22-,23+,24-/m1/s1. The summed E-state index contributed by atoms with van der Waals surface area (Å²) in [4.78, 5) is 12.6. The molecule has 2 N–H and O–H groups in total. The van der Waals surface area contributed by atoms with E-state index in [1.54, 1.807) is 0 Å². The van der Waals surface area contributed by atoms with Crippen molar-refractivity contribution in [3.8, 4) is 11.1 Å². The highest BCUT2D eigenvalue weighted by molar-refractivity contribution is 7.88. The van der Waals surface area contributed by atoms with E-state index in [0.717, 1.165) is 22.9 Å². The minimum absolute atomic E-state index is 0.0163. The van der Waals surface area contributed by atoms with E-state index < -0.39 is 28.3 Å². The molecule has 2 aromatic rings. The van der Waals surface area contributed by atoms with Crippen LogP contribution in [0.2, 0.25) is 0 Å². The Morgan fingerprint density at radius 3 is 2.47 bits per heavy atom. The molecule has 2 saturated heterocycles. The topological polar surface area (TPSA) is 105 Å². The van der Waals surface area contributed by atoms with Gasteiger partial charge in [0.25, 0.3) is 0 Å². The van der Waals surface area contributed by atoms with E-state index in [2.05, 4.69) is 17.4 Å². The maximum absolute atomic E-state index is 12.6. The molecular weight excluding hydrogens is 456 g/mol. The second kappa shape index (κ2) is 11.0. The first-order valence-corrected chi connectivity index (χ1v) is 13.4. The number of fused-ring (bicyclic) bond motifs is 1. The first-order chi connectivity index (χ1) is 16.3. The van der Waals surface area contributed by atoms with Crippen LogP contribution in [0.5, 0.6) is 0 Å². The van der Waals surface area contributed by atoms with Crippen molar-refractivity contribution in [2.75, 3.05) is 26.0 Å². The van der Waals surface area contributed by atoms with Crippen molar-refractivity contribution in [1.29, 1.82) is 0 Å². The second-order valence-electron chi connectivity index (χ2n) is 9.01. The van der Waals surface area contributed by atoms with E-state index in [0.29, 0.717) is 19.4 Å². The van der Waals surface area contributed by atoms with Crippen LogP contribution in [-0.2, 0) is 30.8 Å². The number of amides is 1. The van der Waals surface area contributed by atoms with Crippen LogP contribution in [0.3, 0.4) is 0 Å². The Kier molecular flexibility index (Phi) is 8.00. The Labute approximate surface area is 200 Å². The Morgan fingerprint density at radius 1 is 1.06 bits per heavy atom. The van der Waals surface area contributed by atoms with E-state index in [1.807, 2.05) is 42.5 Å². The zero-order chi connectivity index (χ0) is 24.1. The Balaban J connectivity index is 1.29. The summed E-state index contributed by atoms with van der Waals surface area (Å²) in [6, 6.07) is 17.8. The van der Waals surface area contributed by atoms with Crippen molar-refractivity contribution in [1.82, 2.24) is 9.62 Å². The second-order valence-corrected chi connectivity index (χ2v) is 10.9. The lowest BCUT2D eigenvalue weighted by Crippen LogP contribution is -2.57. The number of sulfonamides is 1. The molecule has 2 heterocycles. The molecule has 0 radical (unpaired) electrons. The van der Waals surface area contributed by atoms with Gasteiger partial charge in [-0.25, -0.2) is 8.42 Å². The summed E-state index contributed by atoms with van der Waals surface area (Å²) in [5, 5.41) is 13.0. The molecule has 8 nitrogen and oxygen atoms in total. The molecule has 0 aromatic heterocycles. The summed E-state index contributed by atoms with van der Waals surface area (Å²) >= 11 is 0. The van der Waals surface area contributed by atoms with E-state index in [1.165, 1.54) is 4.31 Å². The maximum atomic E-state index is 12.6. The summed E-state index contributed by atoms with van der Waals surface area (Å²) in [6.45, 7) is 0.638. The van der Waals surface area contributed by atoms with E-state index in [-0.39, 0.29) is 38.2 Å². The number of ether oxygens (including phenoxy) is 2. The fourth-order valence-electron chi connectivity index (χ4n) is 4.60. The molecule has 184 valence electrons. The molecule has 2 aromatic carbocycles. The normalized spacial score (nSPS) is 26.2. The summed E-state index contributed by atoms with van der Waals surface area (Å²) in [7, 11) is -3.51. The number of hydrogen-bond donors (Lipinski definition) is 2. The van der Waals surface area contributed by atoms with Crippen LogP contribution in [0.15, 0.2) is 54.6 Å². The molecule has 2 aliphatic heterocycles. The molecule has 2 fully saturated rings. The third kappa shape index (κ3) is 6.43. The minimum Gasteiger partial charge on any atom is -0.389 e. The average Bonchev–Trinajstić information content (AvgIpc) is 2.81. The van der Waals surface area contributed by atoms with Crippen molar-refractivity contribution in [2.24, 2.45) is 0 Å². The van der Waals surface area contributed by atoms with Gasteiger partial charge in [-0.3, -0.25) is 4.79 Å². The number of rotatable bonds is 6. The molecule has 34 heavy (non-hydrogen) atoms. The van der Waals surface area contributed by atoms with Crippen molar-refractivity contribution < 1.29 is 27.8 Å². The van der Waals surface area contributed by atoms with Gasteiger partial charge in [0.1, 0.15) is 0 Å². The first-order valence-electron chi connectivity index (χ1n) is 11.6. The van der Waals surface area contributed by atoms with E-state index in [4.69, 9.17) is 9.47 Å². The van der Waals surface area contributed by atoms with Gasteiger partial charge in [0.2, 0.25) is 15.9 Å². The molecule has 0 saturated carbocycles. The van der Waals surface area contributed by atoms with Crippen LogP contribution in [-0.4, -0.2) is 74.1 Å². The van der Waals surface area contributed by atoms with Crippen LogP contribution in [0.4, 0.5) is 0 Å². The van der Waals surface area contributed by atoms with Gasteiger partial charge in [-0.1, -0.05) is 54.6 Å². The first kappa shape index (κ1) is 24.8. The Bertz CT molecular complexity index is 1060. The molecular formula is C25H32N2O6S. The SMILES string of the molecule is CS(=O)(=O)N1C[C@@H](O)COC[C@H]2O[C@@H](CC(=O)NCc3ccc(-c4ccccc4)cc3)CC[C@@H]21. The molecule has 4 atom stereocenters. The van der Waals surface area contributed by atoms with Crippen molar-refractivity contribution >= 4 is 15.9 Å². The van der Waals surface area contributed by atoms with Gasteiger partial charge in [-0.2, -0.15) is 4.31 Å². The van der Waals surface area contributed by atoms with Gasteiger partial charge in [0.05, 0.1) is 50.2 Å². The minimum atomic E-state index is -3.51. The lowest BCUT2D eigenvalue weighted by molar-refractivity contribution is -0.146. The number of aliphatic hydroxyl groups excluding tert-OH is 1. The fraction of sp³-hybridized carbons (Fsp3) is 0.480. The van der Waals surface area contributed by atoms with Crippen LogP contribution in [0, 0.1) is 0 Å². The third-order valence-corrected chi connectivity index (χ3v) is 7.60. The number of nitrogens with one attached hydrogen (secondary N) is 1. The molecule has 0 unspecified atom stereocenters. The van der Waals surface area contributed by atoms with Crippen molar-refractivity contribution in [3.63, 3.8) is 0 Å². The Morgan fingerprint density at radius 2 is 1.76 bits per heavy atom. The summed E-state index contributed by atoms with van der Waals surface area (Å²) in [5.74, 6) is -0.113. The predicted molar refractivity (Wildman–Crippen MR) is 128 cm³/mol. The highest BCUT2D eigenvalue weighted by Gasteiger charge is 2.41. The van der Waals surface area contributed by atoms with Gasteiger partial charge in [0, 0.05) is 13.1 Å². The summed E-state index contributed by atoms with van der Waals surface area (Å²) < 4.78 is 37.5. The number of carbonyl (C=O) groups is 1. The molecule has 1 amide bonds. The number of benzene rings is 2. The number of aliphatic hydroxyl groups is 1. The Hall–Kier alpha value is -2.30. The highest BCUT2D eigenvalue weighted by atomic mass is 32.2. The molecule has 0 aliphatic carbocycles. The van der Waals surface area contributed by atoms with Gasteiger partial charge < -0.3 is 19.9 Å². The lowest BCUT2D eigenvalue weighted by Gasteiger charge is -2.43.